The number of aryl methyl sites for hydroxylation is 1. The second-order valence-corrected chi connectivity index (χ2v) is 7.40. The van der Waals surface area contributed by atoms with Gasteiger partial charge in [-0.1, -0.05) is 30.3 Å². The molecule has 1 aliphatic rings. The highest BCUT2D eigenvalue weighted by atomic mass is 32.1. The lowest BCUT2D eigenvalue weighted by Gasteiger charge is -2.13. The van der Waals surface area contributed by atoms with Crippen LogP contribution in [0.1, 0.15) is 53.1 Å². The number of ketones is 1. The molecule has 1 N–H and O–H groups in total. The first-order valence-electron chi connectivity index (χ1n) is 8.96. The maximum atomic E-state index is 12.6. The number of rotatable bonds is 6. The minimum absolute atomic E-state index is 0.0460. The summed E-state index contributed by atoms with van der Waals surface area (Å²) >= 11 is 1.60. The number of esters is 1. The van der Waals surface area contributed by atoms with Crippen LogP contribution in [0.2, 0.25) is 0 Å². The molecule has 5 heteroatoms. The van der Waals surface area contributed by atoms with Gasteiger partial charge in [0.05, 0.1) is 12.2 Å². The maximum absolute atomic E-state index is 12.6. The van der Waals surface area contributed by atoms with Crippen LogP contribution in [-0.2, 0) is 22.4 Å². The van der Waals surface area contributed by atoms with Crippen molar-refractivity contribution < 1.29 is 14.3 Å². The summed E-state index contributed by atoms with van der Waals surface area (Å²) in [4.78, 5) is 25.6. The minimum atomic E-state index is -0.287. The van der Waals surface area contributed by atoms with E-state index < -0.39 is 0 Å². The number of ether oxygens (including phenoxy) is 1. The quantitative estimate of drug-likeness (QED) is 0.584. The molecule has 3 rings (SSSR count). The van der Waals surface area contributed by atoms with E-state index in [-0.39, 0.29) is 11.8 Å². The fourth-order valence-electron chi connectivity index (χ4n) is 3.21. The van der Waals surface area contributed by atoms with Gasteiger partial charge in [0.2, 0.25) is 0 Å². The van der Waals surface area contributed by atoms with Gasteiger partial charge in [-0.3, -0.25) is 4.79 Å². The molecule has 1 aromatic heterocycles. The lowest BCUT2D eigenvalue weighted by molar-refractivity contribution is -0.112. The van der Waals surface area contributed by atoms with E-state index in [9.17, 15) is 9.59 Å². The second kappa shape index (κ2) is 8.32. The topological polar surface area (TPSA) is 55.4 Å². The predicted molar refractivity (Wildman–Crippen MR) is 106 cm³/mol. The molecule has 1 aliphatic carbocycles. The number of anilines is 1. The van der Waals surface area contributed by atoms with Crippen LogP contribution in [0.25, 0.3) is 5.70 Å². The fraction of sp³-hybridized carbons (Fsp3) is 0.333. The van der Waals surface area contributed by atoms with E-state index in [0.29, 0.717) is 17.9 Å². The second-order valence-electron chi connectivity index (χ2n) is 6.30. The van der Waals surface area contributed by atoms with Crippen molar-refractivity contribution in [2.45, 2.75) is 39.5 Å². The molecule has 1 aromatic carbocycles. The SMILES string of the molecule is CCOC(=O)c1c(N/C(=C\C(C)=O)c2ccccc2)sc2c1CCCC2. The molecule has 0 radical (unpaired) electrons. The molecule has 26 heavy (non-hydrogen) atoms. The van der Waals surface area contributed by atoms with Gasteiger partial charge in [-0.2, -0.15) is 0 Å². The Hall–Kier alpha value is -2.40. The number of carbonyl (C=O) groups is 2. The van der Waals surface area contributed by atoms with Crippen molar-refractivity contribution in [3.63, 3.8) is 0 Å². The Balaban J connectivity index is 2.03. The lowest BCUT2D eigenvalue weighted by atomic mass is 9.95. The Kier molecular flexibility index (Phi) is 5.89. The standard InChI is InChI=1S/C21H23NO3S/c1-3-25-21(24)19-16-11-7-8-12-18(16)26-20(19)22-17(13-14(2)23)15-9-5-4-6-10-15/h4-6,9-10,13,22H,3,7-8,11-12H2,1-2H3/b17-13-. The predicted octanol–water partition coefficient (Wildman–Crippen LogP) is 4.85. The number of hydrogen-bond acceptors (Lipinski definition) is 5. The molecule has 0 atom stereocenters. The Labute approximate surface area is 157 Å². The summed E-state index contributed by atoms with van der Waals surface area (Å²) in [5, 5.41) is 4.12. The van der Waals surface area contributed by atoms with Crippen LogP contribution in [0.5, 0.6) is 0 Å². The molecule has 0 fully saturated rings. The number of thiophene rings is 1. The highest BCUT2D eigenvalue weighted by Gasteiger charge is 2.26. The van der Waals surface area contributed by atoms with Crippen molar-refractivity contribution in [2.75, 3.05) is 11.9 Å². The van der Waals surface area contributed by atoms with Crippen molar-refractivity contribution in [1.82, 2.24) is 0 Å². The zero-order valence-corrected chi connectivity index (χ0v) is 15.9. The molecule has 0 amide bonds. The van der Waals surface area contributed by atoms with Crippen molar-refractivity contribution in [3.8, 4) is 0 Å². The van der Waals surface area contributed by atoms with Gasteiger partial charge in [0, 0.05) is 16.7 Å². The van der Waals surface area contributed by atoms with Crippen molar-refractivity contribution >= 4 is 33.8 Å². The molecule has 1 heterocycles. The van der Waals surface area contributed by atoms with Crippen LogP contribution >= 0.6 is 11.3 Å². The zero-order valence-electron chi connectivity index (χ0n) is 15.1. The molecule has 4 nitrogen and oxygen atoms in total. The Morgan fingerprint density at radius 2 is 1.92 bits per heavy atom. The van der Waals surface area contributed by atoms with E-state index in [4.69, 9.17) is 4.74 Å². The molecular weight excluding hydrogens is 346 g/mol. The summed E-state index contributed by atoms with van der Waals surface area (Å²) in [6, 6.07) is 9.68. The molecular formula is C21H23NO3S. The molecule has 0 saturated heterocycles. The van der Waals surface area contributed by atoms with Crippen LogP contribution in [0.4, 0.5) is 5.00 Å². The van der Waals surface area contributed by atoms with Gasteiger partial charge >= 0.3 is 5.97 Å². The van der Waals surface area contributed by atoms with Crippen LogP contribution in [0.3, 0.4) is 0 Å². The van der Waals surface area contributed by atoms with Crippen LogP contribution in [0.15, 0.2) is 36.4 Å². The molecule has 0 aliphatic heterocycles. The normalized spacial score (nSPS) is 13.8. The van der Waals surface area contributed by atoms with E-state index in [1.165, 1.54) is 11.8 Å². The summed E-state index contributed by atoms with van der Waals surface area (Å²) in [5.41, 5.74) is 3.35. The van der Waals surface area contributed by atoms with Gasteiger partial charge in [-0.15, -0.1) is 11.3 Å². The molecule has 0 spiro atoms. The van der Waals surface area contributed by atoms with Gasteiger partial charge < -0.3 is 10.1 Å². The number of nitrogens with one attached hydrogen (secondary N) is 1. The lowest BCUT2D eigenvalue weighted by Crippen LogP contribution is -2.11. The average molecular weight is 369 g/mol. The first-order valence-corrected chi connectivity index (χ1v) is 9.78. The molecule has 0 bridgehead atoms. The average Bonchev–Trinajstić information content (AvgIpc) is 2.99. The van der Waals surface area contributed by atoms with Gasteiger partial charge in [-0.25, -0.2) is 4.79 Å². The monoisotopic (exact) mass is 369 g/mol. The summed E-state index contributed by atoms with van der Waals surface area (Å²) in [5.74, 6) is -0.333. The van der Waals surface area contributed by atoms with Crippen LogP contribution in [0, 0.1) is 0 Å². The van der Waals surface area contributed by atoms with Crippen molar-refractivity contribution in [1.29, 1.82) is 0 Å². The number of carbonyl (C=O) groups excluding carboxylic acids is 2. The van der Waals surface area contributed by atoms with E-state index in [0.717, 1.165) is 41.8 Å². The van der Waals surface area contributed by atoms with Crippen molar-refractivity contribution in [2.24, 2.45) is 0 Å². The Morgan fingerprint density at radius 1 is 1.19 bits per heavy atom. The molecule has 0 unspecified atom stereocenters. The van der Waals surface area contributed by atoms with Crippen molar-refractivity contribution in [3.05, 3.63) is 58.0 Å². The first kappa shape index (κ1) is 18.4. The van der Waals surface area contributed by atoms with Crippen LogP contribution < -0.4 is 5.32 Å². The fourth-order valence-corrected chi connectivity index (χ4v) is 4.50. The minimum Gasteiger partial charge on any atom is -0.462 e. The van der Waals surface area contributed by atoms with E-state index in [2.05, 4.69) is 5.32 Å². The highest BCUT2D eigenvalue weighted by molar-refractivity contribution is 7.16. The third kappa shape index (κ3) is 4.05. The highest BCUT2D eigenvalue weighted by Crippen LogP contribution is 2.40. The Bertz CT molecular complexity index is 836. The largest absolute Gasteiger partial charge is 0.462 e. The summed E-state index contributed by atoms with van der Waals surface area (Å²) < 4.78 is 5.30. The first-order chi connectivity index (χ1) is 12.6. The number of fused-ring (bicyclic) bond motifs is 1. The van der Waals surface area contributed by atoms with E-state index in [1.54, 1.807) is 17.4 Å². The molecule has 2 aromatic rings. The van der Waals surface area contributed by atoms with Gasteiger partial charge in [0.1, 0.15) is 5.00 Å². The zero-order chi connectivity index (χ0) is 18.5. The Morgan fingerprint density at radius 3 is 2.62 bits per heavy atom. The summed E-state index contributed by atoms with van der Waals surface area (Å²) in [6.45, 7) is 3.68. The molecule has 0 saturated carbocycles. The maximum Gasteiger partial charge on any atom is 0.341 e. The molecule has 136 valence electrons. The third-order valence-electron chi connectivity index (χ3n) is 4.33. The van der Waals surface area contributed by atoms with E-state index >= 15 is 0 Å². The number of allylic oxidation sites excluding steroid dienone is 1. The number of benzene rings is 1. The smallest absolute Gasteiger partial charge is 0.341 e. The third-order valence-corrected chi connectivity index (χ3v) is 5.54. The number of hydrogen-bond donors (Lipinski definition) is 1. The summed E-state index contributed by atoms with van der Waals surface area (Å²) in [6.07, 6.45) is 5.70. The van der Waals surface area contributed by atoms with Gasteiger partial charge in [0.15, 0.2) is 5.78 Å². The summed E-state index contributed by atoms with van der Waals surface area (Å²) in [7, 11) is 0. The van der Waals surface area contributed by atoms with E-state index in [1.807, 2.05) is 37.3 Å². The van der Waals surface area contributed by atoms with Gasteiger partial charge in [-0.05, 0) is 50.7 Å². The van der Waals surface area contributed by atoms with Crippen LogP contribution in [-0.4, -0.2) is 18.4 Å². The van der Waals surface area contributed by atoms with Gasteiger partial charge in [0.25, 0.3) is 0 Å².